The van der Waals surface area contributed by atoms with Crippen molar-refractivity contribution in [1.29, 1.82) is 0 Å². The fourth-order valence-corrected chi connectivity index (χ4v) is 2.11. The van der Waals surface area contributed by atoms with Crippen LogP contribution in [0.15, 0.2) is 12.1 Å². The minimum atomic E-state index is 0.614. The van der Waals surface area contributed by atoms with Gasteiger partial charge in [-0.2, -0.15) is 5.10 Å². The molecular weight excluding hydrogens is 214 g/mol. The van der Waals surface area contributed by atoms with Crippen LogP contribution in [0.3, 0.4) is 0 Å². The smallest absolute Gasteiger partial charge is 0.233 e. The van der Waals surface area contributed by atoms with Crippen molar-refractivity contribution in [2.24, 2.45) is 5.92 Å². The summed E-state index contributed by atoms with van der Waals surface area (Å²) in [6.07, 6.45) is 2.59. The first kappa shape index (κ1) is 12.3. The van der Waals surface area contributed by atoms with Crippen molar-refractivity contribution >= 4 is 0 Å². The molecule has 0 bridgehead atoms. The van der Waals surface area contributed by atoms with Crippen LogP contribution in [-0.2, 0) is 6.54 Å². The minimum absolute atomic E-state index is 0.614. The molecule has 0 spiro atoms. The third-order valence-corrected chi connectivity index (χ3v) is 3.25. The average Bonchev–Trinajstić information content (AvgIpc) is 2.35. The molecule has 0 aliphatic carbocycles. The number of nitrogens with zero attached hydrogens (tertiary/aromatic N) is 3. The topological polar surface area (TPSA) is 38.2 Å². The molecule has 0 amide bonds. The van der Waals surface area contributed by atoms with Gasteiger partial charge in [0.2, 0.25) is 5.88 Å². The van der Waals surface area contributed by atoms with E-state index < -0.39 is 0 Å². The summed E-state index contributed by atoms with van der Waals surface area (Å²) < 4.78 is 5.28. The molecule has 4 nitrogen and oxygen atoms in total. The fourth-order valence-electron chi connectivity index (χ4n) is 2.11. The van der Waals surface area contributed by atoms with Crippen LogP contribution in [0.2, 0.25) is 0 Å². The normalized spacial score (nSPS) is 18.2. The van der Waals surface area contributed by atoms with E-state index in [9.17, 15) is 0 Å². The largest absolute Gasteiger partial charge is 0.477 e. The fraction of sp³-hybridized carbons (Fsp3) is 0.692. The maximum absolute atomic E-state index is 5.28. The summed E-state index contributed by atoms with van der Waals surface area (Å²) in [5.74, 6) is 1.49. The van der Waals surface area contributed by atoms with E-state index in [2.05, 4.69) is 22.0 Å². The lowest BCUT2D eigenvalue weighted by Crippen LogP contribution is -2.32. The zero-order valence-corrected chi connectivity index (χ0v) is 10.7. The summed E-state index contributed by atoms with van der Waals surface area (Å²) in [6.45, 7) is 8.18. The standard InChI is InChI=1S/C13H21N3O/c1-3-17-13-5-4-12(14-15-13)10-16-8-6-11(2)7-9-16/h4-5,11H,3,6-10H2,1-2H3. The summed E-state index contributed by atoms with van der Waals surface area (Å²) in [5, 5.41) is 8.24. The number of aromatic nitrogens is 2. The Balaban J connectivity index is 1.86. The van der Waals surface area contributed by atoms with Gasteiger partial charge < -0.3 is 4.74 Å². The van der Waals surface area contributed by atoms with Crippen molar-refractivity contribution in [2.45, 2.75) is 33.2 Å². The van der Waals surface area contributed by atoms with Crippen LogP contribution in [0.4, 0.5) is 0 Å². The van der Waals surface area contributed by atoms with Gasteiger partial charge >= 0.3 is 0 Å². The summed E-state index contributed by atoms with van der Waals surface area (Å²) in [7, 11) is 0. The van der Waals surface area contributed by atoms with Gasteiger partial charge in [-0.3, -0.25) is 4.90 Å². The summed E-state index contributed by atoms with van der Waals surface area (Å²) >= 11 is 0. The maximum atomic E-state index is 5.28. The minimum Gasteiger partial charge on any atom is -0.477 e. The Labute approximate surface area is 103 Å². The van der Waals surface area contributed by atoms with Crippen molar-refractivity contribution in [1.82, 2.24) is 15.1 Å². The first-order valence-corrected chi connectivity index (χ1v) is 6.45. The Bertz CT molecular complexity index is 331. The molecule has 0 saturated carbocycles. The molecule has 1 fully saturated rings. The number of ether oxygens (including phenoxy) is 1. The van der Waals surface area contributed by atoms with Gasteiger partial charge in [0.15, 0.2) is 0 Å². The van der Waals surface area contributed by atoms with Crippen molar-refractivity contribution in [2.75, 3.05) is 19.7 Å². The van der Waals surface area contributed by atoms with Crippen molar-refractivity contribution in [3.8, 4) is 5.88 Å². The molecule has 0 aromatic carbocycles. The molecule has 2 heterocycles. The molecule has 0 N–H and O–H groups in total. The zero-order valence-electron chi connectivity index (χ0n) is 10.7. The second-order valence-electron chi connectivity index (χ2n) is 4.75. The van der Waals surface area contributed by atoms with Gasteiger partial charge in [-0.15, -0.1) is 5.10 Å². The Morgan fingerprint density at radius 3 is 2.65 bits per heavy atom. The van der Waals surface area contributed by atoms with Crippen LogP contribution in [0, 0.1) is 5.92 Å². The highest BCUT2D eigenvalue weighted by molar-refractivity contribution is 5.11. The van der Waals surface area contributed by atoms with Crippen LogP contribution in [0.1, 0.15) is 32.4 Å². The Kier molecular flexibility index (Phi) is 4.31. The lowest BCUT2D eigenvalue weighted by atomic mass is 9.99. The summed E-state index contributed by atoms with van der Waals surface area (Å²) in [4.78, 5) is 2.45. The van der Waals surface area contributed by atoms with Crippen LogP contribution in [-0.4, -0.2) is 34.8 Å². The van der Waals surface area contributed by atoms with Crippen LogP contribution in [0.25, 0.3) is 0 Å². The van der Waals surface area contributed by atoms with Crippen molar-refractivity contribution < 1.29 is 4.74 Å². The molecule has 0 radical (unpaired) electrons. The van der Waals surface area contributed by atoms with Crippen LogP contribution < -0.4 is 4.74 Å². The third kappa shape index (κ3) is 3.66. The van der Waals surface area contributed by atoms with Gasteiger partial charge in [0.25, 0.3) is 0 Å². The van der Waals surface area contributed by atoms with Gasteiger partial charge in [-0.05, 0) is 44.8 Å². The predicted molar refractivity (Wildman–Crippen MR) is 66.9 cm³/mol. The molecule has 1 saturated heterocycles. The third-order valence-electron chi connectivity index (χ3n) is 3.25. The second-order valence-corrected chi connectivity index (χ2v) is 4.75. The Morgan fingerprint density at radius 2 is 2.06 bits per heavy atom. The van der Waals surface area contributed by atoms with Gasteiger partial charge in [0.1, 0.15) is 0 Å². The number of hydrogen-bond acceptors (Lipinski definition) is 4. The van der Waals surface area contributed by atoms with E-state index in [0.29, 0.717) is 12.5 Å². The highest BCUT2D eigenvalue weighted by Crippen LogP contribution is 2.17. The first-order chi connectivity index (χ1) is 8.28. The quantitative estimate of drug-likeness (QED) is 0.801. The monoisotopic (exact) mass is 235 g/mol. The van der Waals surface area contributed by atoms with Gasteiger partial charge in [-0.1, -0.05) is 6.92 Å². The molecule has 2 rings (SSSR count). The zero-order chi connectivity index (χ0) is 12.1. The Morgan fingerprint density at radius 1 is 1.29 bits per heavy atom. The molecule has 0 atom stereocenters. The van der Waals surface area contributed by atoms with Gasteiger partial charge in [-0.25, -0.2) is 0 Å². The number of hydrogen-bond donors (Lipinski definition) is 0. The lowest BCUT2D eigenvalue weighted by Gasteiger charge is -2.29. The molecule has 1 aliphatic heterocycles. The molecule has 1 aromatic heterocycles. The average molecular weight is 235 g/mol. The van der Waals surface area contributed by atoms with E-state index in [-0.39, 0.29) is 0 Å². The molecule has 1 aliphatic rings. The van der Waals surface area contributed by atoms with Gasteiger partial charge in [0.05, 0.1) is 12.3 Å². The summed E-state index contributed by atoms with van der Waals surface area (Å²) in [6, 6.07) is 3.91. The molecule has 94 valence electrons. The molecule has 17 heavy (non-hydrogen) atoms. The predicted octanol–water partition coefficient (Wildman–Crippen LogP) is 2.11. The number of likely N-dealkylation sites (tertiary alicyclic amines) is 1. The van der Waals surface area contributed by atoms with E-state index in [0.717, 1.165) is 18.2 Å². The van der Waals surface area contributed by atoms with E-state index in [4.69, 9.17) is 4.74 Å². The van der Waals surface area contributed by atoms with Gasteiger partial charge in [0, 0.05) is 12.6 Å². The highest BCUT2D eigenvalue weighted by atomic mass is 16.5. The molecule has 1 aromatic rings. The Hall–Kier alpha value is -1.16. The number of piperidine rings is 1. The summed E-state index contributed by atoms with van der Waals surface area (Å²) in [5.41, 5.74) is 1.03. The van der Waals surface area contributed by atoms with Crippen LogP contribution >= 0.6 is 0 Å². The lowest BCUT2D eigenvalue weighted by molar-refractivity contribution is 0.182. The van der Waals surface area contributed by atoms with Crippen LogP contribution in [0.5, 0.6) is 5.88 Å². The van der Waals surface area contributed by atoms with E-state index in [1.54, 1.807) is 0 Å². The maximum Gasteiger partial charge on any atom is 0.233 e. The molecular formula is C13H21N3O. The van der Waals surface area contributed by atoms with Crippen molar-refractivity contribution in [3.63, 3.8) is 0 Å². The molecule has 4 heteroatoms. The molecule has 0 unspecified atom stereocenters. The van der Waals surface area contributed by atoms with E-state index in [1.165, 1.54) is 25.9 Å². The number of rotatable bonds is 4. The SMILES string of the molecule is CCOc1ccc(CN2CCC(C)CC2)nn1. The second kappa shape index (κ2) is 5.96. The van der Waals surface area contributed by atoms with E-state index >= 15 is 0 Å². The van der Waals surface area contributed by atoms with E-state index in [1.807, 2.05) is 19.1 Å². The first-order valence-electron chi connectivity index (χ1n) is 6.45. The van der Waals surface area contributed by atoms with Crippen molar-refractivity contribution in [3.05, 3.63) is 17.8 Å². The highest BCUT2D eigenvalue weighted by Gasteiger charge is 2.16.